The van der Waals surface area contributed by atoms with Gasteiger partial charge in [0.25, 0.3) is 0 Å². The zero-order valence-electron chi connectivity index (χ0n) is 26.1. The molecule has 0 aliphatic heterocycles. The van der Waals surface area contributed by atoms with Crippen molar-refractivity contribution in [3.8, 4) is 0 Å². The van der Waals surface area contributed by atoms with Gasteiger partial charge < -0.3 is 30.4 Å². The van der Waals surface area contributed by atoms with Crippen molar-refractivity contribution in [2.75, 3.05) is 6.61 Å². The fourth-order valence-corrected chi connectivity index (χ4v) is 27.3. The average molecular weight is 643 g/mol. The Labute approximate surface area is 237 Å². The molecular weight excluding hydrogens is 589 g/mol. The summed E-state index contributed by atoms with van der Waals surface area (Å²) in [5, 5.41) is 9.37. The fourth-order valence-electron chi connectivity index (χ4n) is 3.64. The molecule has 0 bridgehead atoms. The fraction of sp³-hybridized carbons (Fsp3) is 0.826. The van der Waals surface area contributed by atoms with Gasteiger partial charge in [-0.25, -0.2) is 4.79 Å². The Kier molecular flexibility index (Phi) is 15.0. The molecular formula is C23H54O9Si6. The molecule has 0 saturated carbocycles. The summed E-state index contributed by atoms with van der Waals surface area (Å²) in [7, 11) is -15.7. The molecule has 0 atom stereocenters. The molecule has 9 nitrogen and oxygen atoms in total. The first kappa shape index (κ1) is 37.8. The van der Waals surface area contributed by atoms with Crippen LogP contribution in [0.3, 0.4) is 0 Å². The van der Waals surface area contributed by atoms with E-state index in [0.717, 1.165) is 0 Å². The van der Waals surface area contributed by atoms with E-state index in [1.807, 2.05) is 0 Å². The first-order valence-corrected chi connectivity index (χ1v) is 30.9. The molecule has 1 N–H and O–H groups in total. The quantitative estimate of drug-likeness (QED) is 0.0716. The van der Waals surface area contributed by atoms with E-state index in [0.29, 0.717) is 24.9 Å². The van der Waals surface area contributed by atoms with Crippen molar-refractivity contribution in [1.29, 1.82) is 0 Å². The molecule has 0 saturated heterocycles. The average Bonchev–Trinajstić information content (AvgIpc) is 2.59. The van der Waals surface area contributed by atoms with Crippen LogP contribution in [0.25, 0.3) is 0 Å². The predicted octanol–water partition coefficient (Wildman–Crippen LogP) is 6.66. The molecule has 224 valence electrons. The summed E-state index contributed by atoms with van der Waals surface area (Å²) >= 11 is 0. The van der Waals surface area contributed by atoms with Gasteiger partial charge in [0.1, 0.15) is 0 Å². The van der Waals surface area contributed by atoms with Crippen LogP contribution in [0.5, 0.6) is 0 Å². The van der Waals surface area contributed by atoms with Crippen molar-refractivity contribution >= 4 is 62.8 Å². The summed E-state index contributed by atoms with van der Waals surface area (Å²) < 4.78 is 39.9. The number of aliphatic carboxylic acids is 1. The summed E-state index contributed by atoms with van der Waals surface area (Å²) in [6, 6.07) is 0.825. The Morgan fingerprint density at radius 2 is 1.00 bits per heavy atom. The number of hydrogen-bond donors (Lipinski definition) is 1. The van der Waals surface area contributed by atoms with Gasteiger partial charge in [-0.05, 0) is 98.3 Å². The number of esters is 1. The molecule has 0 radical (unpaired) electrons. The van der Waals surface area contributed by atoms with E-state index in [1.54, 1.807) is 13.0 Å². The van der Waals surface area contributed by atoms with Crippen LogP contribution in [-0.2, 0) is 34.9 Å². The minimum Gasteiger partial charge on any atom is -0.481 e. The van der Waals surface area contributed by atoms with Crippen molar-refractivity contribution in [3.63, 3.8) is 0 Å². The zero-order valence-corrected chi connectivity index (χ0v) is 32.1. The van der Waals surface area contributed by atoms with Gasteiger partial charge in [-0.15, -0.1) is 0 Å². The van der Waals surface area contributed by atoms with E-state index < -0.39 is 56.8 Å². The maximum Gasteiger partial charge on any atom is 0.472 e. The SMILES string of the molecule is CC=CC(=O)OCCC[Si](O[Si](C)(C)C)(O[Si](C)(C)C)O[Si](CCCC(=O)O)(O[Si](C)(C)C)O[Si](C)(C)C. The van der Waals surface area contributed by atoms with Gasteiger partial charge in [-0.2, -0.15) is 0 Å². The second-order valence-corrected chi connectivity index (χ2v) is 38.1. The van der Waals surface area contributed by atoms with Gasteiger partial charge in [-0.3, -0.25) is 4.79 Å². The molecule has 0 aromatic rings. The summed E-state index contributed by atoms with van der Waals surface area (Å²) in [6.07, 6.45) is 3.92. The van der Waals surface area contributed by atoms with Crippen LogP contribution in [-0.4, -0.2) is 74.5 Å². The number of carboxylic acid groups (broad SMARTS) is 1. The Balaban J connectivity index is 6.70. The normalized spacial score (nSPS) is 14.2. The first-order valence-electron chi connectivity index (χ1n) is 13.4. The lowest BCUT2D eigenvalue weighted by Crippen LogP contribution is -2.67. The number of carbonyl (C=O) groups is 2. The Morgan fingerprint density at radius 1 is 0.632 bits per heavy atom. The van der Waals surface area contributed by atoms with Crippen LogP contribution in [0.2, 0.25) is 90.7 Å². The third kappa shape index (κ3) is 19.0. The van der Waals surface area contributed by atoms with Crippen LogP contribution in [0, 0.1) is 0 Å². The highest BCUT2D eigenvalue weighted by atomic mass is 28.5. The lowest BCUT2D eigenvalue weighted by atomic mass is 10.3. The number of hydrogen-bond acceptors (Lipinski definition) is 8. The number of rotatable bonds is 19. The van der Waals surface area contributed by atoms with E-state index in [4.69, 9.17) is 25.3 Å². The van der Waals surface area contributed by atoms with Crippen LogP contribution >= 0.6 is 0 Å². The van der Waals surface area contributed by atoms with Crippen LogP contribution < -0.4 is 0 Å². The number of carbonyl (C=O) groups excluding carboxylic acids is 1. The van der Waals surface area contributed by atoms with E-state index >= 15 is 0 Å². The van der Waals surface area contributed by atoms with E-state index in [-0.39, 0.29) is 19.0 Å². The van der Waals surface area contributed by atoms with Crippen molar-refractivity contribution < 1.29 is 40.0 Å². The summed E-state index contributed by atoms with van der Waals surface area (Å²) in [6.45, 7) is 27.1. The molecule has 0 aromatic heterocycles. The number of carboxylic acids is 1. The zero-order chi connectivity index (χ0) is 30.1. The second kappa shape index (κ2) is 15.1. The van der Waals surface area contributed by atoms with Crippen molar-refractivity contribution in [3.05, 3.63) is 12.2 Å². The van der Waals surface area contributed by atoms with Gasteiger partial charge in [0, 0.05) is 24.6 Å². The predicted molar refractivity (Wildman–Crippen MR) is 167 cm³/mol. The molecule has 15 heteroatoms. The molecule has 0 aliphatic carbocycles. The molecule has 0 fully saturated rings. The smallest absolute Gasteiger partial charge is 0.472 e. The third-order valence-corrected chi connectivity index (χ3v) is 23.4. The van der Waals surface area contributed by atoms with Crippen LogP contribution in [0.1, 0.15) is 26.2 Å². The van der Waals surface area contributed by atoms with Crippen molar-refractivity contribution in [2.24, 2.45) is 0 Å². The standard InChI is InChI=1S/C23H54O9Si6/c1-14-17-23(26)27-19-16-21-38(30-35(8,9)10,31-36(11,12)13)32-37(28-33(2,3)4,29-34(5,6)7)20-15-18-22(24)25/h14,17H,15-16,18-21H2,1-13H3,(H,24,25). The maximum atomic E-state index is 11.9. The number of ether oxygens (including phenoxy) is 1. The van der Waals surface area contributed by atoms with Gasteiger partial charge in [0.2, 0.25) is 0 Å². The lowest BCUT2D eigenvalue weighted by molar-refractivity contribution is -0.138. The molecule has 0 heterocycles. The van der Waals surface area contributed by atoms with Gasteiger partial charge >= 0.3 is 29.5 Å². The summed E-state index contributed by atoms with van der Waals surface area (Å²) in [5.74, 6) is -1.25. The highest BCUT2D eigenvalue weighted by Crippen LogP contribution is 2.36. The molecule has 0 aromatic carbocycles. The summed E-state index contributed by atoms with van der Waals surface area (Å²) in [4.78, 5) is 23.3. The van der Waals surface area contributed by atoms with Crippen molar-refractivity contribution in [2.45, 2.75) is 117 Å². The Bertz CT molecular complexity index is 748. The molecule has 38 heavy (non-hydrogen) atoms. The molecule has 0 rings (SSSR count). The highest BCUT2D eigenvalue weighted by Gasteiger charge is 2.58. The highest BCUT2D eigenvalue weighted by molar-refractivity contribution is 6.92. The lowest BCUT2D eigenvalue weighted by Gasteiger charge is -2.47. The third-order valence-electron chi connectivity index (χ3n) is 4.21. The topological polar surface area (TPSA) is 110 Å². The maximum absolute atomic E-state index is 11.9. The second-order valence-electron chi connectivity index (χ2n) is 13.3. The first-order chi connectivity index (χ1) is 16.9. The Morgan fingerprint density at radius 3 is 1.32 bits per heavy atom. The molecule has 0 aliphatic rings. The van der Waals surface area contributed by atoms with E-state index in [2.05, 4.69) is 78.6 Å². The molecule has 0 amide bonds. The minimum atomic E-state index is -3.47. The monoisotopic (exact) mass is 642 g/mol. The van der Waals surface area contributed by atoms with Crippen LogP contribution in [0.4, 0.5) is 0 Å². The van der Waals surface area contributed by atoms with Gasteiger partial charge in [0.05, 0.1) is 6.61 Å². The molecule has 0 spiro atoms. The van der Waals surface area contributed by atoms with E-state index in [9.17, 15) is 14.7 Å². The van der Waals surface area contributed by atoms with Crippen LogP contribution in [0.15, 0.2) is 12.2 Å². The number of allylic oxidation sites excluding steroid dienone is 1. The van der Waals surface area contributed by atoms with Gasteiger partial charge in [0.15, 0.2) is 33.3 Å². The largest absolute Gasteiger partial charge is 0.481 e. The van der Waals surface area contributed by atoms with E-state index in [1.165, 1.54) is 6.08 Å². The molecule has 0 unspecified atom stereocenters. The summed E-state index contributed by atoms with van der Waals surface area (Å²) in [5.41, 5.74) is 0. The Hall–Kier alpha value is -0.219. The van der Waals surface area contributed by atoms with Gasteiger partial charge in [-0.1, -0.05) is 6.08 Å². The van der Waals surface area contributed by atoms with Crippen molar-refractivity contribution in [1.82, 2.24) is 0 Å². The minimum absolute atomic E-state index is 0.00142.